The van der Waals surface area contributed by atoms with E-state index >= 15 is 0 Å². The summed E-state index contributed by atoms with van der Waals surface area (Å²) >= 11 is 0. The smallest absolute Gasteiger partial charge is 0.0129 e. The first-order valence-electron chi connectivity index (χ1n) is 1.67. The number of hydrogen-bond donors (Lipinski definition) is 1. The summed E-state index contributed by atoms with van der Waals surface area (Å²) < 4.78 is 0. The molecule has 0 fully saturated rings. The van der Waals surface area contributed by atoms with Crippen LogP contribution < -0.4 is 5.32 Å². The standard InChI is InChI=1S/C4H9N/c1-3-4-5-2/h3,5H,1,4H2,2H3/i2+2. The summed E-state index contributed by atoms with van der Waals surface area (Å²) in [6.07, 6.45) is 1.82. The third-order valence-electron chi connectivity index (χ3n) is 0.348. The second kappa shape index (κ2) is 3.70. The van der Waals surface area contributed by atoms with Crippen LogP contribution in [0.2, 0.25) is 0 Å². The van der Waals surface area contributed by atoms with E-state index in [1.54, 1.807) is 0 Å². The fraction of sp³-hybridized carbons (Fsp3) is 0.500. The van der Waals surface area contributed by atoms with Crippen molar-refractivity contribution in [1.29, 1.82) is 0 Å². The van der Waals surface area contributed by atoms with E-state index in [1.165, 1.54) is 0 Å². The zero-order valence-electron chi connectivity index (χ0n) is 3.49. The van der Waals surface area contributed by atoms with Crippen LogP contribution in [0.5, 0.6) is 0 Å². The lowest BCUT2D eigenvalue weighted by atomic mass is 10.7. The molecule has 0 heterocycles. The van der Waals surface area contributed by atoms with Crippen molar-refractivity contribution in [2.75, 3.05) is 13.6 Å². The van der Waals surface area contributed by atoms with Gasteiger partial charge >= 0.3 is 0 Å². The molecular weight excluding hydrogens is 64.0 g/mol. The van der Waals surface area contributed by atoms with Gasteiger partial charge in [-0.2, -0.15) is 0 Å². The molecule has 0 amide bonds. The summed E-state index contributed by atoms with van der Waals surface area (Å²) in [5, 5.41) is 2.90. The van der Waals surface area contributed by atoms with Gasteiger partial charge in [0.2, 0.25) is 0 Å². The van der Waals surface area contributed by atoms with Crippen LogP contribution in [-0.4, -0.2) is 13.6 Å². The Bertz CT molecular complexity index is 24.8. The van der Waals surface area contributed by atoms with Gasteiger partial charge in [0.05, 0.1) is 0 Å². The van der Waals surface area contributed by atoms with E-state index in [0.29, 0.717) is 0 Å². The first kappa shape index (κ1) is 4.70. The Morgan fingerprint density at radius 3 is 2.60 bits per heavy atom. The summed E-state index contributed by atoms with van der Waals surface area (Å²) in [5.74, 6) is 0. The Morgan fingerprint density at radius 2 is 2.60 bits per heavy atom. The van der Waals surface area contributed by atoms with E-state index in [0.717, 1.165) is 6.54 Å². The van der Waals surface area contributed by atoms with Crippen molar-refractivity contribution in [2.24, 2.45) is 0 Å². The third kappa shape index (κ3) is 3.70. The molecule has 0 atom stereocenters. The molecule has 1 nitrogen and oxygen atoms in total. The summed E-state index contributed by atoms with van der Waals surface area (Å²) in [7, 11) is 1.89. The van der Waals surface area contributed by atoms with Crippen molar-refractivity contribution in [3.05, 3.63) is 12.7 Å². The molecule has 0 spiro atoms. The Balaban J connectivity index is 2.40. The Labute approximate surface area is 32.7 Å². The maximum atomic E-state index is 3.49. The number of likely N-dealkylation sites (N-methyl/N-ethyl adjacent to an activating group) is 1. The van der Waals surface area contributed by atoms with Gasteiger partial charge in [-0.05, 0) is 7.05 Å². The molecule has 0 aromatic rings. The molecule has 0 bridgehead atoms. The van der Waals surface area contributed by atoms with Crippen LogP contribution in [-0.2, 0) is 0 Å². The number of hydrogen-bond acceptors (Lipinski definition) is 1. The minimum Gasteiger partial charge on any atom is -0.316 e. The second-order valence-electron chi connectivity index (χ2n) is 0.846. The highest BCUT2D eigenvalue weighted by Crippen LogP contribution is 1.48. The van der Waals surface area contributed by atoms with E-state index < -0.39 is 0 Å². The van der Waals surface area contributed by atoms with E-state index in [4.69, 9.17) is 0 Å². The van der Waals surface area contributed by atoms with Gasteiger partial charge in [0.1, 0.15) is 0 Å². The van der Waals surface area contributed by atoms with E-state index in [2.05, 4.69) is 11.9 Å². The molecule has 30 valence electrons. The Kier molecular flexibility index (Phi) is 3.48. The van der Waals surface area contributed by atoms with Crippen LogP contribution in [0.15, 0.2) is 12.7 Å². The van der Waals surface area contributed by atoms with Gasteiger partial charge < -0.3 is 5.32 Å². The average Bonchev–Trinajstić information content (AvgIpc) is 1.41. The van der Waals surface area contributed by atoms with E-state index in [9.17, 15) is 0 Å². The van der Waals surface area contributed by atoms with E-state index in [-0.39, 0.29) is 0 Å². The summed E-state index contributed by atoms with van der Waals surface area (Å²) in [5.41, 5.74) is 0. The predicted octanol–water partition coefficient (Wildman–Crippen LogP) is 0.392. The lowest BCUT2D eigenvalue weighted by molar-refractivity contribution is 0.921. The van der Waals surface area contributed by atoms with Gasteiger partial charge in [-0.15, -0.1) is 6.58 Å². The molecule has 0 saturated heterocycles. The maximum Gasteiger partial charge on any atom is 0.0129 e. The van der Waals surface area contributed by atoms with Gasteiger partial charge in [0.15, 0.2) is 0 Å². The SMILES string of the molecule is C=CCN[14CH3]. The largest absolute Gasteiger partial charge is 0.316 e. The minimum atomic E-state index is 0.903. The normalized spacial score (nSPS) is 7.40. The summed E-state index contributed by atoms with van der Waals surface area (Å²) in [6, 6.07) is 0. The quantitative estimate of drug-likeness (QED) is 0.466. The first-order valence-corrected chi connectivity index (χ1v) is 1.67. The van der Waals surface area contributed by atoms with Gasteiger partial charge in [-0.3, -0.25) is 0 Å². The van der Waals surface area contributed by atoms with Crippen LogP contribution >= 0.6 is 0 Å². The summed E-state index contributed by atoms with van der Waals surface area (Å²) in [4.78, 5) is 0. The third-order valence-corrected chi connectivity index (χ3v) is 0.348. The molecule has 0 aliphatic carbocycles. The molecule has 0 aromatic carbocycles. The average molecular weight is 73.1 g/mol. The fourth-order valence-corrected chi connectivity index (χ4v) is 0.144. The predicted molar refractivity (Wildman–Crippen MR) is 24.1 cm³/mol. The first-order chi connectivity index (χ1) is 2.41. The second-order valence-corrected chi connectivity index (χ2v) is 0.846. The van der Waals surface area contributed by atoms with Crippen LogP contribution in [0.1, 0.15) is 0 Å². The molecule has 0 saturated carbocycles. The fourth-order valence-electron chi connectivity index (χ4n) is 0.144. The molecule has 0 aromatic heterocycles. The molecule has 0 rings (SSSR count). The Hall–Kier alpha value is -0.300. The maximum absolute atomic E-state index is 3.49. The lowest BCUT2D eigenvalue weighted by Gasteiger charge is -1.79. The monoisotopic (exact) mass is 73.1 g/mol. The molecular formula is C4H9N. The zero-order valence-corrected chi connectivity index (χ0v) is 3.49. The van der Waals surface area contributed by atoms with E-state index in [1.807, 2.05) is 13.1 Å². The van der Waals surface area contributed by atoms with Crippen molar-refractivity contribution in [2.45, 2.75) is 0 Å². The van der Waals surface area contributed by atoms with Crippen LogP contribution in [0, 0.1) is 0 Å². The molecule has 1 heteroatoms. The van der Waals surface area contributed by atoms with Crippen molar-refractivity contribution in [3.63, 3.8) is 0 Å². The van der Waals surface area contributed by atoms with Crippen molar-refractivity contribution < 1.29 is 0 Å². The van der Waals surface area contributed by atoms with Crippen molar-refractivity contribution >= 4 is 0 Å². The molecule has 0 unspecified atom stereocenters. The highest BCUT2D eigenvalue weighted by atomic mass is 15.2. The van der Waals surface area contributed by atoms with Gasteiger partial charge in [-0.25, -0.2) is 0 Å². The highest BCUT2D eigenvalue weighted by Gasteiger charge is 1.56. The van der Waals surface area contributed by atoms with Gasteiger partial charge in [-0.1, -0.05) is 6.08 Å². The zero-order chi connectivity index (χ0) is 4.12. The molecule has 0 aliphatic rings. The number of rotatable bonds is 2. The van der Waals surface area contributed by atoms with Crippen LogP contribution in [0.4, 0.5) is 0 Å². The van der Waals surface area contributed by atoms with Crippen LogP contribution in [0.25, 0.3) is 0 Å². The molecule has 1 N–H and O–H groups in total. The molecule has 0 aliphatic heterocycles. The topological polar surface area (TPSA) is 12.0 Å². The summed E-state index contributed by atoms with van der Waals surface area (Å²) in [6.45, 7) is 4.39. The van der Waals surface area contributed by atoms with Crippen molar-refractivity contribution in [1.82, 2.24) is 5.32 Å². The number of nitrogens with one attached hydrogen (secondary N) is 1. The van der Waals surface area contributed by atoms with Gasteiger partial charge in [0, 0.05) is 6.54 Å². The minimum absolute atomic E-state index is 0.903. The van der Waals surface area contributed by atoms with Crippen molar-refractivity contribution in [3.8, 4) is 0 Å². The molecule has 0 radical (unpaired) electrons. The Morgan fingerprint density at radius 1 is 2.00 bits per heavy atom. The lowest BCUT2D eigenvalue weighted by Crippen LogP contribution is -2.02. The van der Waals surface area contributed by atoms with Gasteiger partial charge in [0.25, 0.3) is 0 Å². The highest BCUT2D eigenvalue weighted by molar-refractivity contribution is 4.66. The van der Waals surface area contributed by atoms with Crippen LogP contribution in [0.3, 0.4) is 0 Å². The molecule has 5 heavy (non-hydrogen) atoms.